The molecule has 0 aliphatic heterocycles. The summed E-state index contributed by atoms with van der Waals surface area (Å²) in [5, 5.41) is 4.16. The molecule has 0 aliphatic carbocycles. The maximum absolute atomic E-state index is 12.4. The van der Waals surface area contributed by atoms with Crippen LogP contribution >= 0.6 is 23.2 Å². The summed E-state index contributed by atoms with van der Waals surface area (Å²) in [6.45, 7) is 1.72. The molecule has 0 fully saturated rings. The fraction of sp³-hybridized carbons (Fsp3) is 0.0667. The number of anilines is 1. The molecule has 24 heavy (non-hydrogen) atoms. The molecule has 9 heteroatoms. The lowest BCUT2D eigenvalue weighted by molar-refractivity contribution is 0.425. The number of sulfonamides is 1. The molecule has 1 aromatic heterocycles. The molecule has 0 aliphatic rings. The van der Waals surface area contributed by atoms with Gasteiger partial charge in [-0.25, -0.2) is 8.42 Å². The van der Waals surface area contributed by atoms with Crippen LogP contribution < -0.4 is 4.72 Å². The summed E-state index contributed by atoms with van der Waals surface area (Å²) in [5.74, 6) is 0.890. The van der Waals surface area contributed by atoms with Crippen molar-refractivity contribution >= 4 is 38.9 Å². The summed E-state index contributed by atoms with van der Waals surface area (Å²) in [7, 11) is -3.77. The highest BCUT2D eigenvalue weighted by atomic mass is 35.5. The van der Waals surface area contributed by atoms with Gasteiger partial charge in [0.25, 0.3) is 15.9 Å². The number of hydrogen-bond acceptors (Lipinski definition) is 5. The highest BCUT2D eigenvalue weighted by Gasteiger charge is 2.16. The lowest BCUT2D eigenvalue weighted by atomic mass is 10.2. The minimum atomic E-state index is -3.77. The van der Waals surface area contributed by atoms with E-state index < -0.39 is 10.0 Å². The quantitative estimate of drug-likeness (QED) is 0.730. The van der Waals surface area contributed by atoms with E-state index in [1.165, 1.54) is 18.2 Å². The average Bonchev–Trinajstić information content (AvgIpc) is 2.97. The van der Waals surface area contributed by atoms with Crippen LogP contribution in [0.25, 0.3) is 11.5 Å². The number of rotatable bonds is 4. The van der Waals surface area contributed by atoms with Crippen molar-refractivity contribution in [3.63, 3.8) is 0 Å². The molecule has 0 atom stereocenters. The van der Waals surface area contributed by atoms with Gasteiger partial charge in [0, 0.05) is 11.3 Å². The fourth-order valence-electron chi connectivity index (χ4n) is 1.95. The van der Waals surface area contributed by atoms with E-state index in [-0.39, 0.29) is 14.9 Å². The second-order valence-electron chi connectivity index (χ2n) is 4.91. The van der Waals surface area contributed by atoms with Gasteiger partial charge in [-0.15, -0.1) is 0 Å². The third-order valence-corrected chi connectivity index (χ3v) is 5.23. The Hall–Kier alpha value is -2.09. The van der Waals surface area contributed by atoms with Crippen molar-refractivity contribution < 1.29 is 12.9 Å². The van der Waals surface area contributed by atoms with Crippen LogP contribution in [0.15, 0.2) is 51.9 Å². The van der Waals surface area contributed by atoms with E-state index in [1.54, 1.807) is 31.2 Å². The summed E-state index contributed by atoms with van der Waals surface area (Å²) in [6.07, 6.45) is 0. The Morgan fingerprint density at radius 3 is 2.33 bits per heavy atom. The fourth-order valence-corrected chi connectivity index (χ4v) is 3.40. The molecule has 1 heterocycles. The molecule has 0 radical (unpaired) electrons. The molecule has 1 N–H and O–H groups in total. The summed E-state index contributed by atoms with van der Waals surface area (Å²) >= 11 is 11.7. The molecule has 0 bridgehead atoms. The van der Waals surface area contributed by atoms with Crippen LogP contribution in [0.5, 0.6) is 0 Å². The molecule has 0 unspecified atom stereocenters. The van der Waals surface area contributed by atoms with Gasteiger partial charge in [0.15, 0.2) is 5.82 Å². The number of hydrogen-bond donors (Lipinski definition) is 1. The van der Waals surface area contributed by atoms with E-state index >= 15 is 0 Å². The summed E-state index contributed by atoms with van der Waals surface area (Å²) in [4.78, 5) is 4.13. The molecule has 3 aromatic rings. The molecular formula is C15H11Cl2N3O3S. The van der Waals surface area contributed by atoms with Crippen LogP contribution in [0.1, 0.15) is 5.82 Å². The normalized spacial score (nSPS) is 11.5. The predicted octanol–water partition coefficient (Wildman–Crippen LogP) is 4.15. The SMILES string of the molecule is Cc1noc(-c2ccc(NS(=O)(=O)c3ccc(Cl)c(Cl)c3)cc2)n1. The third-order valence-electron chi connectivity index (χ3n) is 3.11. The zero-order valence-corrected chi connectivity index (χ0v) is 14.7. The summed E-state index contributed by atoms with van der Waals surface area (Å²) in [5.41, 5.74) is 1.08. The Morgan fingerprint density at radius 1 is 1.04 bits per heavy atom. The van der Waals surface area contributed by atoms with E-state index in [4.69, 9.17) is 27.7 Å². The Balaban J connectivity index is 1.83. The summed E-state index contributed by atoms with van der Waals surface area (Å²) < 4.78 is 32.3. The van der Waals surface area contributed by atoms with E-state index in [1.807, 2.05) is 0 Å². The molecule has 0 saturated carbocycles. The van der Waals surface area contributed by atoms with Gasteiger partial charge in [-0.05, 0) is 49.4 Å². The number of benzene rings is 2. The number of halogens is 2. The molecule has 3 rings (SSSR count). The first-order valence-electron chi connectivity index (χ1n) is 6.74. The van der Waals surface area contributed by atoms with Crippen LogP contribution in [0.2, 0.25) is 10.0 Å². The van der Waals surface area contributed by atoms with Crippen molar-refractivity contribution in [1.82, 2.24) is 10.1 Å². The maximum atomic E-state index is 12.4. The lowest BCUT2D eigenvalue weighted by Crippen LogP contribution is -2.12. The van der Waals surface area contributed by atoms with Crippen LogP contribution in [-0.4, -0.2) is 18.6 Å². The van der Waals surface area contributed by atoms with Crippen molar-refractivity contribution in [3.8, 4) is 11.5 Å². The van der Waals surface area contributed by atoms with Crippen LogP contribution in [0.3, 0.4) is 0 Å². The minimum Gasteiger partial charge on any atom is -0.334 e. The third kappa shape index (κ3) is 3.53. The first kappa shape index (κ1) is 16.8. The van der Waals surface area contributed by atoms with Crippen molar-refractivity contribution in [2.45, 2.75) is 11.8 Å². The van der Waals surface area contributed by atoms with E-state index in [2.05, 4.69) is 14.9 Å². The molecule has 0 amide bonds. The first-order valence-corrected chi connectivity index (χ1v) is 8.98. The number of aromatic nitrogens is 2. The highest BCUT2D eigenvalue weighted by Crippen LogP contribution is 2.26. The van der Waals surface area contributed by atoms with Crippen molar-refractivity contribution in [1.29, 1.82) is 0 Å². The van der Waals surface area contributed by atoms with Gasteiger partial charge in [0.2, 0.25) is 0 Å². The first-order chi connectivity index (χ1) is 11.3. The van der Waals surface area contributed by atoms with Crippen LogP contribution in [0.4, 0.5) is 5.69 Å². The topological polar surface area (TPSA) is 85.1 Å². The Labute approximate surface area is 148 Å². The number of nitrogens with one attached hydrogen (secondary N) is 1. The maximum Gasteiger partial charge on any atom is 0.261 e. The van der Waals surface area contributed by atoms with Gasteiger partial charge in [0.1, 0.15) is 0 Å². The van der Waals surface area contributed by atoms with Crippen molar-refractivity contribution in [2.75, 3.05) is 4.72 Å². The van der Waals surface area contributed by atoms with Gasteiger partial charge in [-0.3, -0.25) is 4.72 Å². The van der Waals surface area contributed by atoms with Crippen molar-refractivity contribution in [3.05, 3.63) is 58.3 Å². The largest absolute Gasteiger partial charge is 0.334 e. The van der Waals surface area contributed by atoms with Gasteiger partial charge < -0.3 is 4.52 Å². The lowest BCUT2D eigenvalue weighted by Gasteiger charge is -2.09. The number of aryl methyl sites for hydroxylation is 1. The van der Waals surface area contributed by atoms with E-state index in [0.717, 1.165) is 0 Å². The number of nitrogens with zero attached hydrogens (tertiary/aromatic N) is 2. The molecule has 2 aromatic carbocycles. The molecular weight excluding hydrogens is 373 g/mol. The zero-order valence-electron chi connectivity index (χ0n) is 12.3. The Morgan fingerprint density at radius 2 is 1.75 bits per heavy atom. The average molecular weight is 384 g/mol. The van der Waals surface area contributed by atoms with Crippen LogP contribution in [-0.2, 0) is 10.0 Å². The van der Waals surface area contributed by atoms with Gasteiger partial charge in [0.05, 0.1) is 14.9 Å². The highest BCUT2D eigenvalue weighted by molar-refractivity contribution is 7.92. The monoisotopic (exact) mass is 383 g/mol. The molecule has 0 spiro atoms. The van der Waals surface area contributed by atoms with Gasteiger partial charge in [-0.2, -0.15) is 4.98 Å². The van der Waals surface area contributed by atoms with E-state index in [0.29, 0.717) is 23.0 Å². The predicted molar refractivity (Wildman–Crippen MR) is 91.7 cm³/mol. The van der Waals surface area contributed by atoms with Gasteiger partial charge in [-0.1, -0.05) is 28.4 Å². The Bertz CT molecular complexity index is 985. The second-order valence-corrected chi connectivity index (χ2v) is 7.40. The van der Waals surface area contributed by atoms with Crippen molar-refractivity contribution in [2.24, 2.45) is 0 Å². The molecule has 6 nitrogen and oxygen atoms in total. The smallest absolute Gasteiger partial charge is 0.261 e. The summed E-state index contributed by atoms with van der Waals surface area (Å²) in [6, 6.07) is 10.7. The van der Waals surface area contributed by atoms with Crippen LogP contribution in [0, 0.1) is 6.92 Å². The Kier molecular flexibility index (Phi) is 4.49. The zero-order chi connectivity index (χ0) is 17.3. The van der Waals surface area contributed by atoms with Gasteiger partial charge >= 0.3 is 0 Å². The second kappa shape index (κ2) is 6.43. The molecule has 124 valence electrons. The minimum absolute atomic E-state index is 0.0218. The standard InChI is InChI=1S/C15H11Cl2N3O3S/c1-9-18-15(23-19-9)10-2-4-11(5-3-10)20-24(21,22)12-6-7-13(16)14(17)8-12/h2-8,20H,1H3. The molecule has 0 saturated heterocycles. The van der Waals surface area contributed by atoms with E-state index in [9.17, 15) is 8.42 Å².